The van der Waals surface area contributed by atoms with Gasteiger partial charge in [0.25, 0.3) is 5.88 Å². The van der Waals surface area contributed by atoms with Crippen LogP contribution in [0, 0.1) is 5.82 Å². The monoisotopic (exact) mass is 261 g/mol. The predicted octanol–water partition coefficient (Wildman–Crippen LogP) is 0.980. The fraction of sp³-hybridized carbons (Fsp3) is 0.600. The van der Waals surface area contributed by atoms with Crippen LogP contribution >= 0.6 is 11.6 Å². The van der Waals surface area contributed by atoms with E-state index in [0.29, 0.717) is 13.2 Å². The highest BCUT2D eigenvalue weighted by Gasteiger charge is 2.11. The molecule has 0 aromatic carbocycles. The molecule has 0 saturated carbocycles. The van der Waals surface area contributed by atoms with Crippen LogP contribution in [0.4, 0.5) is 4.39 Å². The van der Waals surface area contributed by atoms with E-state index in [-0.39, 0.29) is 11.2 Å². The van der Waals surface area contributed by atoms with E-state index in [2.05, 4.69) is 14.9 Å². The lowest BCUT2D eigenvalue weighted by atomic mass is 10.4. The molecule has 1 aromatic rings. The number of hydrogen-bond acceptors (Lipinski definition) is 5. The summed E-state index contributed by atoms with van der Waals surface area (Å²) in [6.07, 6.45) is 0.999. The van der Waals surface area contributed by atoms with Crippen LogP contribution in [0.1, 0.15) is 0 Å². The molecule has 1 fully saturated rings. The van der Waals surface area contributed by atoms with Crippen LogP contribution in [0.25, 0.3) is 0 Å². The summed E-state index contributed by atoms with van der Waals surface area (Å²) < 4.78 is 23.6. The van der Waals surface area contributed by atoms with E-state index in [9.17, 15) is 4.39 Å². The third-order valence-corrected chi connectivity index (χ3v) is 2.61. The van der Waals surface area contributed by atoms with Gasteiger partial charge in [-0.1, -0.05) is 0 Å². The second-order valence-electron chi connectivity index (χ2n) is 3.59. The lowest BCUT2D eigenvalue weighted by molar-refractivity contribution is 0.0317. The molecule has 2 rings (SSSR count). The maximum atomic E-state index is 13.2. The van der Waals surface area contributed by atoms with Gasteiger partial charge in [0.2, 0.25) is 11.1 Å². The zero-order valence-electron chi connectivity index (χ0n) is 9.23. The zero-order chi connectivity index (χ0) is 12.1. The van der Waals surface area contributed by atoms with E-state index in [4.69, 9.17) is 21.1 Å². The van der Waals surface area contributed by atoms with Crippen molar-refractivity contribution < 1.29 is 13.9 Å². The largest absolute Gasteiger partial charge is 0.474 e. The van der Waals surface area contributed by atoms with Gasteiger partial charge in [-0.05, 0) is 11.6 Å². The summed E-state index contributed by atoms with van der Waals surface area (Å²) in [4.78, 5) is 9.36. The highest BCUT2D eigenvalue weighted by atomic mass is 35.5. The van der Waals surface area contributed by atoms with Crippen molar-refractivity contribution in [3.8, 4) is 5.88 Å². The molecule has 17 heavy (non-hydrogen) atoms. The molecule has 1 saturated heterocycles. The summed E-state index contributed by atoms with van der Waals surface area (Å²) in [6.45, 7) is 4.28. The quantitative estimate of drug-likeness (QED) is 0.756. The van der Waals surface area contributed by atoms with Crippen LogP contribution in [-0.4, -0.2) is 54.3 Å². The molecule has 5 nitrogen and oxygen atoms in total. The molecule has 0 aliphatic carbocycles. The number of hydrogen-bond donors (Lipinski definition) is 0. The minimum absolute atomic E-state index is 0.0206. The average molecular weight is 262 g/mol. The second-order valence-corrected chi connectivity index (χ2v) is 3.93. The molecule has 0 bridgehead atoms. The fourth-order valence-corrected chi connectivity index (χ4v) is 1.65. The van der Waals surface area contributed by atoms with Crippen molar-refractivity contribution in [2.24, 2.45) is 0 Å². The van der Waals surface area contributed by atoms with E-state index >= 15 is 0 Å². The van der Waals surface area contributed by atoms with Crippen LogP contribution in [0.5, 0.6) is 5.88 Å². The highest BCUT2D eigenvalue weighted by Crippen LogP contribution is 2.14. The summed E-state index contributed by atoms with van der Waals surface area (Å²) in [5.74, 6) is -0.699. The van der Waals surface area contributed by atoms with Crippen molar-refractivity contribution in [3.05, 3.63) is 17.3 Å². The first-order chi connectivity index (χ1) is 8.25. The molecule has 0 amide bonds. The molecule has 7 heteroatoms. The topological polar surface area (TPSA) is 47.5 Å². The van der Waals surface area contributed by atoms with Gasteiger partial charge in [0.15, 0.2) is 0 Å². The third-order valence-electron chi connectivity index (χ3n) is 2.43. The minimum atomic E-state index is -0.601. The second kappa shape index (κ2) is 6.09. The molecule has 0 radical (unpaired) electrons. The Balaban J connectivity index is 1.79. The van der Waals surface area contributed by atoms with Gasteiger partial charge in [0.1, 0.15) is 6.61 Å². The van der Waals surface area contributed by atoms with Gasteiger partial charge in [0, 0.05) is 19.6 Å². The molecule has 94 valence electrons. The number of morpholine rings is 1. The number of aromatic nitrogens is 2. The minimum Gasteiger partial charge on any atom is -0.474 e. The fourth-order valence-electron chi connectivity index (χ4n) is 1.53. The van der Waals surface area contributed by atoms with Gasteiger partial charge in [0.05, 0.1) is 19.4 Å². The van der Waals surface area contributed by atoms with Crippen LogP contribution in [0.2, 0.25) is 5.28 Å². The summed E-state index contributed by atoms with van der Waals surface area (Å²) in [7, 11) is 0. The summed E-state index contributed by atoms with van der Waals surface area (Å²) in [5.41, 5.74) is 0. The standard InChI is InChI=1S/C10H13ClFN3O2/c11-10-13-7-8(12)9(14-10)17-6-3-15-1-4-16-5-2-15/h7H,1-6H2. The maximum absolute atomic E-state index is 13.2. The first-order valence-electron chi connectivity index (χ1n) is 5.36. The highest BCUT2D eigenvalue weighted by molar-refractivity contribution is 6.28. The summed E-state index contributed by atoms with van der Waals surface area (Å²) >= 11 is 5.55. The Morgan fingerprint density at radius 1 is 1.47 bits per heavy atom. The Bertz CT molecular complexity index is 375. The molecule has 0 atom stereocenters. The van der Waals surface area contributed by atoms with Gasteiger partial charge >= 0.3 is 0 Å². The predicted molar refractivity (Wildman–Crippen MR) is 59.8 cm³/mol. The SMILES string of the molecule is Fc1cnc(Cl)nc1OCCN1CCOCC1. The Morgan fingerprint density at radius 2 is 2.24 bits per heavy atom. The molecule has 0 unspecified atom stereocenters. The first-order valence-corrected chi connectivity index (χ1v) is 5.74. The molecule has 1 aliphatic heterocycles. The molecule has 1 aliphatic rings. The molecule has 2 heterocycles. The van der Waals surface area contributed by atoms with Crippen LogP contribution in [-0.2, 0) is 4.74 Å². The summed E-state index contributed by atoms with van der Waals surface area (Å²) in [6, 6.07) is 0. The van der Waals surface area contributed by atoms with Gasteiger partial charge in [-0.15, -0.1) is 0 Å². The van der Waals surface area contributed by atoms with Crippen molar-refractivity contribution in [3.63, 3.8) is 0 Å². The Labute approximate surface area is 104 Å². The van der Waals surface area contributed by atoms with Crippen molar-refractivity contribution in [1.82, 2.24) is 14.9 Å². The van der Waals surface area contributed by atoms with Crippen LogP contribution in [0.3, 0.4) is 0 Å². The maximum Gasteiger partial charge on any atom is 0.254 e. The smallest absolute Gasteiger partial charge is 0.254 e. The number of ether oxygens (including phenoxy) is 2. The molecular formula is C10H13ClFN3O2. The summed E-state index contributed by atoms with van der Waals surface area (Å²) in [5, 5.41) is -0.0206. The molecule has 0 N–H and O–H groups in total. The van der Waals surface area contributed by atoms with Crippen molar-refractivity contribution in [1.29, 1.82) is 0 Å². The number of halogens is 2. The lowest BCUT2D eigenvalue weighted by Crippen LogP contribution is -2.38. The van der Waals surface area contributed by atoms with Gasteiger partial charge in [-0.3, -0.25) is 4.90 Å². The van der Waals surface area contributed by atoms with Crippen LogP contribution in [0.15, 0.2) is 6.20 Å². The van der Waals surface area contributed by atoms with E-state index in [1.807, 2.05) is 0 Å². The Hall–Kier alpha value is -0.980. The van der Waals surface area contributed by atoms with Gasteiger partial charge in [-0.25, -0.2) is 4.98 Å². The van der Waals surface area contributed by atoms with E-state index < -0.39 is 5.82 Å². The average Bonchev–Trinajstić information content (AvgIpc) is 2.35. The Morgan fingerprint density at radius 3 is 3.00 bits per heavy atom. The Kier molecular flexibility index (Phi) is 4.47. The van der Waals surface area contributed by atoms with Gasteiger partial charge in [-0.2, -0.15) is 9.37 Å². The van der Waals surface area contributed by atoms with Crippen molar-refractivity contribution in [2.45, 2.75) is 0 Å². The number of nitrogens with zero attached hydrogens (tertiary/aromatic N) is 3. The van der Waals surface area contributed by atoms with Crippen LogP contribution < -0.4 is 4.74 Å². The van der Waals surface area contributed by atoms with E-state index in [0.717, 1.165) is 32.5 Å². The lowest BCUT2D eigenvalue weighted by Gasteiger charge is -2.26. The zero-order valence-corrected chi connectivity index (χ0v) is 9.99. The molecular weight excluding hydrogens is 249 g/mol. The first kappa shape index (κ1) is 12.5. The molecule has 0 spiro atoms. The third kappa shape index (κ3) is 3.76. The number of rotatable bonds is 4. The van der Waals surface area contributed by atoms with E-state index in [1.165, 1.54) is 0 Å². The normalized spacial score (nSPS) is 17.1. The molecule has 1 aromatic heterocycles. The van der Waals surface area contributed by atoms with Crippen molar-refractivity contribution >= 4 is 11.6 Å². The van der Waals surface area contributed by atoms with E-state index in [1.54, 1.807) is 0 Å². The van der Waals surface area contributed by atoms with Gasteiger partial charge < -0.3 is 9.47 Å². The van der Waals surface area contributed by atoms with Crippen molar-refractivity contribution in [2.75, 3.05) is 39.5 Å².